The molecule has 0 saturated heterocycles. The van der Waals surface area contributed by atoms with Crippen LogP contribution in [-0.4, -0.2) is 0 Å². The van der Waals surface area contributed by atoms with Crippen LogP contribution in [0.5, 0.6) is 0 Å². The second kappa shape index (κ2) is 4.80. The van der Waals surface area contributed by atoms with Gasteiger partial charge in [0.2, 0.25) is 0 Å². The zero-order chi connectivity index (χ0) is 10.6. The van der Waals surface area contributed by atoms with Gasteiger partial charge in [0.05, 0.1) is 0 Å². The number of rotatable bonds is 3. The van der Waals surface area contributed by atoms with Gasteiger partial charge in [0.25, 0.3) is 0 Å². The predicted octanol–water partition coefficient (Wildman–Crippen LogP) is 4.34. The van der Waals surface area contributed by atoms with E-state index in [0.717, 1.165) is 18.4 Å². The SMILES string of the molecule is C=C/C(C)=C\C(=C)C1=CC=C(C)CC1. The van der Waals surface area contributed by atoms with E-state index < -0.39 is 0 Å². The number of hydrogen-bond donors (Lipinski definition) is 0. The van der Waals surface area contributed by atoms with Crippen molar-refractivity contribution in [2.24, 2.45) is 0 Å². The number of allylic oxidation sites excluding steroid dienone is 8. The van der Waals surface area contributed by atoms with Crippen molar-refractivity contribution in [1.29, 1.82) is 0 Å². The summed E-state index contributed by atoms with van der Waals surface area (Å²) in [7, 11) is 0. The molecule has 1 rings (SSSR count). The molecule has 0 nitrogen and oxygen atoms in total. The Kier molecular flexibility index (Phi) is 3.70. The van der Waals surface area contributed by atoms with Gasteiger partial charge in [0, 0.05) is 0 Å². The molecule has 0 atom stereocenters. The van der Waals surface area contributed by atoms with Crippen molar-refractivity contribution in [3.8, 4) is 0 Å². The largest absolute Gasteiger partial charge is 0.0988 e. The molecule has 0 aliphatic heterocycles. The third-order valence-corrected chi connectivity index (χ3v) is 2.49. The van der Waals surface area contributed by atoms with E-state index in [1.165, 1.54) is 16.7 Å². The van der Waals surface area contributed by atoms with Gasteiger partial charge < -0.3 is 0 Å². The molecule has 0 unspecified atom stereocenters. The van der Waals surface area contributed by atoms with Gasteiger partial charge in [0.1, 0.15) is 0 Å². The Balaban J connectivity index is 2.77. The first-order valence-corrected chi connectivity index (χ1v) is 5.00. The lowest BCUT2D eigenvalue weighted by Gasteiger charge is -2.12. The summed E-state index contributed by atoms with van der Waals surface area (Å²) >= 11 is 0. The summed E-state index contributed by atoms with van der Waals surface area (Å²) < 4.78 is 0. The molecule has 0 amide bonds. The van der Waals surface area contributed by atoms with E-state index in [4.69, 9.17) is 0 Å². The highest BCUT2D eigenvalue weighted by Gasteiger charge is 2.04. The maximum absolute atomic E-state index is 4.07. The van der Waals surface area contributed by atoms with Crippen molar-refractivity contribution in [2.75, 3.05) is 0 Å². The molecular weight excluding hydrogens is 168 g/mol. The molecule has 14 heavy (non-hydrogen) atoms. The first kappa shape index (κ1) is 10.8. The van der Waals surface area contributed by atoms with Crippen LogP contribution in [-0.2, 0) is 0 Å². The van der Waals surface area contributed by atoms with Crippen LogP contribution < -0.4 is 0 Å². The van der Waals surface area contributed by atoms with Gasteiger partial charge in [-0.15, -0.1) is 0 Å². The molecule has 0 fully saturated rings. The summed E-state index contributed by atoms with van der Waals surface area (Å²) in [5, 5.41) is 0. The van der Waals surface area contributed by atoms with E-state index in [1.54, 1.807) is 0 Å². The molecule has 0 heterocycles. The van der Waals surface area contributed by atoms with Gasteiger partial charge in [-0.2, -0.15) is 0 Å². The summed E-state index contributed by atoms with van der Waals surface area (Å²) in [6.45, 7) is 12.0. The van der Waals surface area contributed by atoms with Crippen LogP contribution in [0.4, 0.5) is 0 Å². The average Bonchev–Trinajstić information content (AvgIpc) is 2.18. The van der Waals surface area contributed by atoms with Gasteiger partial charge >= 0.3 is 0 Å². The lowest BCUT2D eigenvalue weighted by atomic mass is 9.94. The van der Waals surface area contributed by atoms with Crippen molar-refractivity contribution in [1.82, 2.24) is 0 Å². The Morgan fingerprint density at radius 3 is 2.57 bits per heavy atom. The lowest BCUT2D eigenvalue weighted by Crippen LogP contribution is -1.92. The standard InChI is InChI=1S/C14H18/c1-5-11(2)10-13(4)14-8-6-12(3)7-9-14/h5-6,8,10H,1,4,7,9H2,2-3H3/b11-10-. The molecule has 1 aliphatic carbocycles. The second-order valence-electron chi connectivity index (χ2n) is 3.82. The van der Waals surface area contributed by atoms with Gasteiger partial charge in [-0.05, 0) is 37.8 Å². The summed E-state index contributed by atoms with van der Waals surface area (Å²) in [5.41, 5.74) is 5.08. The molecule has 0 spiro atoms. The molecule has 0 heteroatoms. The van der Waals surface area contributed by atoms with Crippen LogP contribution in [0.2, 0.25) is 0 Å². The fourth-order valence-corrected chi connectivity index (χ4v) is 1.44. The van der Waals surface area contributed by atoms with Crippen molar-refractivity contribution < 1.29 is 0 Å². The highest BCUT2D eigenvalue weighted by Crippen LogP contribution is 2.24. The Hall–Kier alpha value is -1.30. The van der Waals surface area contributed by atoms with Gasteiger partial charge in [0.15, 0.2) is 0 Å². The quantitative estimate of drug-likeness (QED) is 0.575. The molecule has 0 bridgehead atoms. The van der Waals surface area contributed by atoms with Crippen molar-refractivity contribution in [3.63, 3.8) is 0 Å². The van der Waals surface area contributed by atoms with Crippen LogP contribution in [0.3, 0.4) is 0 Å². The van der Waals surface area contributed by atoms with Gasteiger partial charge in [-0.25, -0.2) is 0 Å². The fourth-order valence-electron chi connectivity index (χ4n) is 1.44. The highest BCUT2D eigenvalue weighted by atomic mass is 14.1. The molecule has 0 N–H and O–H groups in total. The Morgan fingerprint density at radius 2 is 2.07 bits per heavy atom. The second-order valence-corrected chi connectivity index (χ2v) is 3.82. The van der Waals surface area contributed by atoms with E-state index in [0.29, 0.717) is 0 Å². The minimum atomic E-state index is 1.11. The lowest BCUT2D eigenvalue weighted by molar-refractivity contribution is 0.919. The predicted molar refractivity (Wildman–Crippen MR) is 64.2 cm³/mol. The van der Waals surface area contributed by atoms with Gasteiger partial charge in [-0.1, -0.05) is 48.6 Å². The van der Waals surface area contributed by atoms with Crippen LogP contribution in [0, 0.1) is 0 Å². The fraction of sp³-hybridized carbons (Fsp3) is 0.286. The zero-order valence-electron chi connectivity index (χ0n) is 9.14. The van der Waals surface area contributed by atoms with Crippen molar-refractivity contribution >= 4 is 0 Å². The van der Waals surface area contributed by atoms with Crippen molar-refractivity contribution in [3.05, 3.63) is 59.8 Å². The third kappa shape index (κ3) is 2.88. The topological polar surface area (TPSA) is 0 Å². The average molecular weight is 186 g/mol. The monoisotopic (exact) mass is 186 g/mol. The first-order valence-electron chi connectivity index (χ1n) is 5.00. The Bertz CT molecular complexity index is 335. The molecule has 0 saturated carbocycles. The normalized spacial score (nSPS) is 17.1. The minimum absolute atomic E-state index is 1.11. The van der Waals surface area contributed by atoms with E-state index in [9.17, 15) is 0 Å². The van der Waals surface area contributed by atoms with E-state index in [2.05, 4.69) is 38.3 Å². The van der Waals surface area contributed by atoms with Crippen LogP contribution in [0.25, 0.3) is 0 Å². The molecule has 74 valence electrons. The molecule has 0 aromatic rings. The van der Waals surface area contributed by atoms with Crippen LogP contribution in [0.15, 0.2) is 59.8 Å². The zero-order valence-corrected chi connectivity index (χ0v) is 9.14. The Morgan fingerprint density at radius 1 is 1.36 bits per heavy atom. The maximum Gasteiger partial charge on any atom is -0.0236 e. The molecule has 0 aromatic heterocycles. The van der Waals surface area contributed by atoms with E-state index in [-0.39, 0.29) is 0 Å². The summed E-state index contributed by atoms with van der Waals surface area (Å²) in [5.74, 6) is 0. The summed E-state index contributed by atoms with van der Waals surface area (Å²) in [4.78, 5) is 0. The maximum atomic E-state index is 4.07. The first-order chi connectivity index (χ1) is 6.63. The Labute approximate surface area is 87.0 Å². The summed E-state index contributed by atoms with van der Waals surface area (Å²) in [6, 6.07) is 0. The highest BCUT2D eigenvalue weighted by molar-refractivity contribution is 5.44. The summed E-state index contributed by atoms with van der Waals surface area (Å²) in [6.07, 6.45) is 10.6. The molecule has 0 radical (unpaired) electrons. The minimum Gasteiger partial charge on any atom is -0.0988 e. The third-order valence-electron chi connectivity index (χ3n) is 2.49. The molecule has 0 aromatic carbocycles. The van der Waals surface area contributed by atoms with Crippen LogP contribution >= 0.6 is 0 Å². The van der Waals surface area contributed by atoms with Crippen LogP contribution in [0.1, 0.15) is 26.7 Å². The smallest absolute Gasteiger partial charge is 0.0236 e. The van der Waals surface area contributed by atoms with Gasteiger partial charge in [-0.3, -0.25) is 0 Å². The van der Waals surface area contributed by atoms with Crippen molar-refractivity contribution in [2.45, 2.75) is 26.7 Å². The molecular formula is C14H18. The van der Waals surface area contributed by atoms with E-state index >= 15 is 0 Å². The van der Waals surface area contributed by atoms with E-state index in [1.807, 2.05) is 13.0 Å². The molecule has 1 aliphatic rings. The number of hydrogen-bond acceptors (Lipinski definition) is 0.